The molecule has 3 aromatic rings. The quantitative estimate of drug-likeness (QED) is 0.320. The molecule has 0 atom stereocenters. The van der Waals surface area contributed by atoms with Gasteiger partial charge in [-0.05, 0) is 36.4 Å². The van der Waals surface area contributed by atoms with Crippen molar-refractivity contribution in [1.82, 2.24) is 9.55 Å². The largest absolute Gasteiger partial charge is 0.458 e. The molecule has 0 aliphatic heterocycles. The topological polar surface area (TPSA) is 61.2 Å². The summed E-state index contributed by atoms with van der Waals surface area (Å²) < 4.78 is 7.05. The molecule has 0 bridgehead atoms. The van der Waals surface area contributed by atoms with E-state index in [0.29, 0.717) is 11.4 Å². The number of nitrogens with zero attached hydrogens (tertiary/aromatic N) is 2. The second-order valence-corrected chi connectivity index (χ2v) is 5.80. The molecular weight excluding hydrogens is 452 g/mol. The maximum Gasteiger partial charge on any atom is 0.303 e. The summed E-state index contributed by atoms with van der Waals surface area (Å²) in [6.45, 7) is 1.46. The summed E-state index contributed by atoms with van der Waals surface area (Å²) in [5, 5.41) is 0.290. The molecule has 5 nitrogen and oxygen atoms in total. The van der Waals surface area contributed by atoms with Crippen LogP contribution in [-0.2, 0) is 16.1 Å². The fraction of sp³-hybridized carbons (Fsp3) is 0.167. The number of hydrogen-bond acceptors (Lipinski definition) is 4. The smallest absolute Gasteiger partial charge is 0.303 e. The number of Topliss-reactive ketones (excluding diaryl/α,β-unsaturated/α-hetero) is 1. The van der Waals surface area contributed by atoms with E-state index in [1.165, 1.54) is 6.92 Å². The number of esters is 1. The molecule has 0 amide bonds. The molecule has 1 aromatic heterocycles. The summed E-state index contributed by atoms with van der Waals surface area (Å²) in [5.41, 5.74) is 3.23. The third-order valence-corrected chi connectivity index (χ3v) is 4.11. The number of carbonyl (C=O) groups is 2. The van der Waals surface area contributed by atoms with Gasteiger partial charge in [-0.15, -0.1) is 17.0 Å². The van der Waals surface area contributed by atoms with Crippen LogP contribution in [0.25, 0.3) is 16.7 Å². The monoisotopic (exact) mass is 466 g/mol. The van der Waals surface area contributed by atoms with Gasteiger partial charge in [-0.2, -0.15) is 0 Å². The minimum Gasteiger partial charge on any atom is -0.458 e. The van der Waals surface area contributed by atoms with Crippen LogP contribution in [0.15, 0.2) is 48.5 Å². The van der Waals surface area contributed by atoms with Crippen LogP contribution in [0.2, 0.25) is 0 Å². The number of ketones is 1. The molecule has 2 aromatic carbocycles. The maximum atomic E-state index is 11.7. The summed E-state index contributed by atoms with van der Waals surface area (Å²) in [6, 6.07) is 15.0. The van der Waals surface area contributed by atoms with Crippen molar-refractivity contribution < 1.29 is 14.3 Å². The van der Waals surface area contributed by atoms with Crippen molar-refractivity contribution in [2.24, 2.45) is 0 Å². The zero-order chi connectivity index (χ0) is 17.1. The summed E-state index contributed by atoms with van der Waals surface area (Å²) in [5.74, 6) is 0.301. The Morgan fingerprint density at radius 2 is 1.80 bits per heavy atom. The van der Waals surface area contributed by atoms with Crippen molar-refractivity contribution in [3.8, 4) is 5.69 Å². The molecule has 0 N–H and O–H groups in total. The predicted molar refractivity (Wildman–Crippen MR) is 105 cm³/mol. The number of ether oxygens (including phenoxy) is 1. The van der Waals surface area contributed by atoms with E-state index < -0.39 is 0 Å². The van der Waals surface area contributed by atoms with Crippen LogP contribution >= 0.6 is 32.9 Å². The van der Waals surface area contributed by atoms with Crippen molar-refractivity contribution >= 4 is 55.7 Å². The van der Waals surface area contributed by atoms with Crippen molar-refractivity contribution in [3.05, 3.63) is 59.9 Å². The lowest BCUT2D eigenvalue weighted by molar-refractivity contribution is -0.142. The lowest BCUT2D eigenvalue weighted by atomic mass is 10.1. The van der Waals surface area contributed by atoms with Gasteiger partial charge in [0.2, 0.25) is 0 Å². The summed E-state index contributed by atoms with van der Waals surface area (Å²) in [4.78, 5) is 27.4. The fourth-order valence-electron chi connectivity index (χ4n) is 2.50. The lowest BCUT2D eigenvalue weighted by Crippen LogP contribution is -2.07. The Labute approximate surface area is 163 Å². The van der Waals surface area contributed by atoms with Crippen LogP contribution < -0.4 is 0 Å². The Morgan fingerprint density at radius 1 is 1.12 bits per heavy atom. The number of imidazole rings is 1. The summed E-state index contributed by atoms with van der Waals surface area (Å²) in [7, 11) is 0. The first-order valence-electron chi connectivity index (χ1n) is 7.39. The number of aromatic nitrogens is 2. The lowest BCUT2D eigenvalue weighted by Gasteiger charge is -2.10. The summed E-state index contributed by atoms with van der Waals surface area (Å²) in [6.07, 6.45) is 0. The highest BCUT2D eigenvalue weighted by Gasteiger charge is 2.14. The van der Waals surface area contributed by atoms with Crippen molar-refractivity contribution in [1.29, 1.82) is 0 Å². The summed E-state index contributed by atoms with van der Waals surface area (Å²) >= 11 is 3.17. The molecule has 25 heavy (non-hydrogen) atoms. The predicted octanol–water partition coefficient (Wildman–Crippen LogP) is 4.24. The molecule has 0 saturated heterocycles. The zero-order valence-corrected chi connectivity index (χ0v) is 16.7. The molecule has 130 valence electrons. The van der Waals surface area contributed by atoms with Crippen LogP contribution in [0.1, 0.15) is 23.1 Å². The third-order valence-electron chi connectivity index (χ3n) is 3.60. The van der Waals surface area contributed by atoms with Gasteiger partial charge < -0.3 is 4.74 Å². The Bertz CT molecular complexity index is 904. The number of alkyl halides is 1. The van der Waals surface area contributed by atoms with Gasteiger partial charge in [0, 0.05) is 18.2 Å². The molecule has 7 heteroatoms. The van der Waals surface area contributed by atoms with Crippen molar-refractivity contribution in [2.45, 2.75) is 13.5 Å². The molecule has 0 aliphatic rings. The Morgan fingerprint density at radius 3 is 2.44 bits per heavy atom. The molecule has 1 heterocycles. The van der Waals surface area contributed by atoms with Crippen LogP contribution in [0.3, 0.4) is 0 Å². The second-order valence-electron chi connectivity index (χ2n) is 5.24. The van der Waals surface area contributed by atoms with Gasteiger partial charge in [-0.3, -0.25) is 14.2 Å². The van der Waals surface area contributed by atoms with Gasteiger partial charge in [-0.25, -0.2) is 4.98 Å². The van der Waals surface area contributed by atoms with Gasteiger partial charge >= 0.3 is 5.97 Å². The van der Waals surface area contributed by atoms with E-state index in [4.69, 9.17) is 4.74 Å². The van der Waals surface area contributed by atoms with E-state index in [-0.39, 0.29) is 40.7 Å². The number of hydrogen-bond donors (Lipinski definition) is 0. The van der Waals surface area contributed by atoms with Gasteiger partial charge in [0.15, 0.2) is 11.6 Å². The van der Waals surface area contributed by atoms with Gasteiger partial charge in [0.25, 0.3) is 0 Å². The Balaban J connectivity index is 0.00000225. The first kappa shape index (κ1) is 19.3. The number of carbonyl (C=O) groups excluding carboxylic acids is 2. The molecule has 0 spiro atoms. The van der Waals surface area contributed by atoms with Crippen molar-refractivity contribution in [3.63, 3.8) is 0 Å². The SMILES string of the molecule is Br.CC(=O)OCc1nc2ccccc2n1-c1ccc(C(=O)CBr)cc1. The number of para-hydroxylation sites is 2. The third kappa shape index (κ3) is 4.16. The Hall–Kier alpha value is -1.99. The maximum absolute atomic E-state index is 11.7. The molecule has 0 saturated carbocycles. The normalized spacial score (nSPS) is 10.3. The average Bonchev–Trinajstić information content (AvgIpc) is 2.97. The Kier molecular flexibility index (Phi) is 6.50. The molecule has 0 fully saturated rings. The number of halogens is 2. The van der Waals surface area contributed by atoms with Crippen LogP contribution in [-0.4, -0.2) is 26.6 Å². The van der Waals surface area contributed by atoms with Crippen LogP contribution in [0, 0.1) is 0 Å². The standard InChI is InChI=1S/C18H15BrN2O3.BrH/c1-12(22)24-11-18-20-15-4-2-3-5-16(15)21(18)14-8-6-13(7-9-14)17(23)10-19;/h2-9H,10-11H2,1H3;1H. The van der Waals surface area contributed by atoms with E-state index in [2.05, 4.69) is 20.9 Å². The molecule has 0 unspecified atom stereocenters. The van der Waals surface area contributed by atoms with Crippen molar-refractivity contribution in [2.75, 3.05) is 5.33 Å². The molecule has 3 rings (SSSR count). The number of fused-ring (bicyclic) bond motifs is 1. The van der Waals surface area contributed by atoms with E-state index in [9.17, 15) is 9.59 Å². The van der Waals surface area contributed by atoms with E-state index in [0.717, 1.165) is 16.7 Å². The highest BCUT2D eigenvalue weighted by atomic mass is 79.9. The van der Waals surface area contributed by atoms with Crippen LogP contribution in [0.4, 0.5) is 0 Å². The minimum absolute atomic E-state index is 0. The van der Waals surface area contributed by atoms with Gasteiger partial charge in [0.1, 0.15) is 6.61 Å². The zero-order valence-electron chi connectivity index (χ0n) is 13.4. The molecular formula is C18H16Br2N2O3. The first-order chi connectivity index (χ1) is 11.6. The fourth-order valence-corrected chi connectivity index (χ4v) is 2.82. The first-order valence-corrected chi connectivity index (χ1v) is 8.51. The van der Waals surface area contributed by atoms with Crippen LogP contribution in [0.5, 0.6) is 0 Å². The van der Waals surface area contributed by atoms with E-state index in [1.54, 1.807) is 12.1 Å². The van der Waals surface area contributed by atoms with E-state index in [1.807, 2.05) is 41.0 Å². The van der Waals surface area contributed by atoms with E-state index >= 15 is 0 Å². The van der Waals surface area contributed by atoms with Gasteiger partial charge in [0.05, 0.1) is 16.4 Å². The average molecular weight is 468 g/mol. The highest BCUT2D eigenvalue weighted by molar-refractivity contribution is 9.09. The highest BCUT2D eigenvalue weighted by Crippen LogP contribution is 2.22. The number of benzene rings is 2. The second kappa shape index (κ2) is 8.40. The minimum atomic E-state index is -0.355. The number of rotatable bonds is 5. The molecule has 0 radical (unpaired) electrons. The van der Waals surface area contributed by atoms with Gasteiger partial charge in [-0.1, -0.05) is 28.1 Å². The molecule has 0 aliphatic carbocycles.